The average Bonchev–Trinajstić information content (AvgIpc) is 3.03. The second kappa shape index (κ2) is 4.53. The molecule has 0 N–H and O–H groups in total. The number of hydrogen-bond donors (Lipinski definition) is 0. The molecule has 3 rings (SSSR count). The van der Waals surface area contributed by atoms with Crippen molar-refractivity contribution in [3.8, 4) is 5.82 Å². The molecule has 0 unspecified atom stereocenters. The van der Waals surface area contributed by atoms with E-state index in [0.29, 0.717) is 12.4 Å². The first-order valence-corrected chi connectivity index (χ1v) is 6.06. The van der Waals surface area contributed by atoms with Crippen LogP contribution in [0.1, 0.15) is 4.88 Å². The summed E-state index contributed by atoms with van der Waals surface area (Å²) >= 11 is 1.37. The molecule has 0 aliphatic heterocycles. The molecule has 90 valence electrons. The quantitative estimate of drug-likeness (QED) is 0.702. The number of nitrogens with zero attached hydrogens (tertiary/aromatic N) is 5. The first kappa shape index (κ1) is 10.8. The lowest BCUT2D eigenvalue weighted by atomic mass is 10.5. The van der Waals surface area contributed by atoms with Crippen LogP contribution in [0.3, 0.4) is 0 Å². The van der Waals surface area contributed by atoms with E-state index in [2.05, 4.69) is 14.3 Å². The molecule has 0 amide bonds. The number of aromatic nitrogens is 5. The summed E-state index contributed by atoms with van der Waals surface area (Å²) in [6.07, 6.45) is 8.21. The predicted molar refractivity (Wildman–Crippen MR) is 66.8 cm³/mol. The number of hydrogen-bond acceptors (Lipinski definition) is 5. The van der Waals surface area contributed by atoms with Gasteiger partial charge in [0.05, 0.1) is 12.7 Å². The van der Waals surface area contributed by atoms with E-state index in [0.717, 1.165) is 4.88 Å². The first-order valence-electron chi connectivity index (χ1n) is 5.29. The van der Waals surface area contributed by atoms with Crippen molar-refractivity contribution in [2.24, 2.45) is 0 Å². The maximum Gasteiger partial charge on any atom is 0.267 e. The molecule has 0 saturated heterocycles. The Morgan fingerprint density at radius 1 is 1.22 bits per heavy atom. The van der Waals surface area contributed by atoms with E-state index in [1.807, 2.05) is 6.07 Å². The van der Waals surface area contributed by atoms with Gasteiger partial charge in [-0.3, -0.25) is 9.78 Å². The van der Waals surface area contributed by atoms with E-state index in [1.165, 1.54) is 17.6 Å². The molecule has 0 atom stereocenters. The van der Waals surface area contributed by atoms with Gasteiger partial charge in [-0.05, 0) is 17.6 Å². The zero-order chi connectivity index (χ0) is 12.4. The first-order chi connectivity index (χ1) is 8.84. The van der Waals surface area contributed by atoms with E-state index >= 15 is 0 Å². The van der Waals surface area contributed by atoms with Crippen LogP contribution in [0.4, 0.5) is 0 Å². The van der Waals surface area contributed by atoms with Crippen molar-refractivity contribution < 1.29 is 0 Å². The van der Waals surface area contributed by atoms with Crippen molar-refractivity contribution in [3.05, 3.63) is 58.3 Å². The zero-order valence-electron chi connectivity index (χ0n) is 9.30. The fraction of sp³-hybridized carbons (Fsp3) is 0.0909. The van der Waals surface area contributed by atoms with E-state index in [1.54, 1.807) is 40.3 Å². The lowest BCUT2D eigenvalue weighted by molar-refractivity contribution is 0.581. The van der Waals surface area contributed by atoms with Gasteiger partial charge in [-0.2, -0.15) is 0 Å². The molecular formula is C11H9N5OS. The van der Waals surface area contributed by atoms with E-state index in [9.17, 15) is 4.79 Å². The zero-order valence-corrected chi connectivity index (χ0v) is 10.1. The topological polar surface area (TPSA) is 65.6 Å². The molecule has 0 radical (unpaired) electrons. The van der Waals surface area contributed by atoms with Crippen molar-refractivity contribution in [1.82, 2.24) is 23.7 Å². The van der Waals surface area contributed by atoms with Crippen molar-refractivity contribution in [1.29, 1.82) is 0 Å². The van der Waals surface area contributed by atoms with Crippen LogP contribution in [-0.2, 0) is 6.54 Å². The molecule has 0 saturated carbocycles. The van der Waals surface area contributed by atoms with Crippen LogP contribution in [0.2, 0.25) is 0 Å². The second-order valence-electron chi connectivity index (χ2n) is 3.60. The van der Waals surface area contributed by atoms with Gasteiger partial charge < -0.3 is 0 Å². The van der Waals surface area contributed by atoms with Crippen molar-refractivity contribution in [2.75, 3.05) is 0 Å². The Balaban J connectivity index is 2.04. The van der Waals surface area contributed by atoms with Crippen LogP contribution in [-0.4, -0.2) is 23.7 Å². The summed E-state index contributed by atoms with van der Waals surface area (Å²) in [5.74, 6) is 0.615. The highest BCUT2D eigenvalue weighted by Gasteiger charge is 2.07. The third kappa shape index (κ3) is 1.95. The summed E-state index contributed by atoms with van der Waals surface area (Å²) in [5.41, 5.74) is -0.0750. The van der Waals surface area contributed by atoms with Crippen molar-refractivity contribution in [3.63, 3.8) is 0 Å². The molecule has 0 aliphatic rings. The lowest BCUT2D eigenvalue weighted by Crippen LogP contribution is -2.22. The van der Waals surface area contributed by atoms with Gasteiger partial charge in [0.2, 0.25) is 0 Å². The maximum atomic E-state index is 11.8. The molecule has 0 spiro atoms. The van der Waals surface area contributed by atoms with Crippen LogP contribution in [0.25, 0.3) is 5.82 Å². The summed E-state index contributed by atoms with van der Waals surface area (Å²) in [6.45, 7) is 0.479. The minimum absolute atomic E-state index is 0.0750. The normalized spacial score (nSPS) is 10.7. The van der Waals surface area contributed by atoms with Crippen molar-refractivity contribution >= 4 is 11.5 Å². The summed E-state index contributed by atoms with van der Waals surface area (Å²) in [6, 6.07) is 3.40. The second-order valence-corrected chi connectivity index (χ2v) is 4.52. The Morgan fingerprint density at radius 3 is 2.89 bits per heavy atom. The van der Waals surface area contributed by atoms with Gasteiger partial charge in [-0.25, -0.2) is 18.7 Å². The highest BCUT2D eigenvalue weighted by Crippen LogP contribution is 2.08. The summed E-state index contributed by atoms with van der Waals surface area (Å²) < 4.78 is 7.31. The molecule has 7 heteroatoms. The largest absolute Gasteiger partial charge is 0.268 e. The molecule has 0 aliphatic carbocycles. The summed E-state index contributed by atoms with van der Waals surface area (Å²) in [7, 11) is 0. The predicted octanol–water partition coefficient (Wildman–Crippen LogP) is 0.934. The molecule has 0 bridgehead atoms. The van der Waals surface area contributed by atoms with Crippen LogP contribution in [0.15, 0.2) is 47.9 Å². The Hall–Kier alpha value is -2.28. The Morgan fingerprint density at radius 2 is 2.17 bits per heavy atom. The lowest BCUT2D eigenvalue weighted by Gasteiger charge is -2.08. The molecule has 3 aromatic heterocycles. The van der Waals surface area contributed by atoms with Gasteiger partial charge in [-0.1, -0.05) is 0 Å². The van der Waals surface area contributed by atoms with Gasteiger partial charge in [0, 0.05) is 35.7 Å². The third-order valence-electron chi connectivity index (χ3n) is 2.45. The van der Waals surface area contributed by atoms with Gasteiger partial charge in [0.15, 0.2) is 5.82 Å². The van der Waals surface area contributed by atoms with Crippen molar-refractivity contribution in [2.45, 2.75) is 6.54 Å². The van der Waals surface area contributed by atoms with Crippen LogP contribution in [0, 0.1) is 0 Å². The number of rotatable bonds is 3. The SMILES string of the molecule is O=c1ccn(-c2cnccn2)n1Cc1ccns1. The van der Waals surface area contributed by atoms with Crippen LogP contribution < -0.4 is 5.56 Å². The minimum atomic E-state index is -0.0750. The monoisotopic (exact) mass is 259 g/mol. The Kier molecular flexibility index (Phi) is 2.73. The standard InChI is InChI=1S/C11H9N5OS/c17-11-2-6-15(10-7-12-4-5-13-10)16(11)8-9-1-3-14-18-9/h1-7H,8H2. The smallest absolute Gasteiger partial charge is 0.267 e. The molecule has 0 aromatic carbocycles. The third-order valence-corrected chi connectivity index (χ3v) is 3.18. The minimum Gasteiger partial charge on any atom is -0.268 e. The Bertz CT molecular complexity index is 686. The van der Waals surface area contributed by atoms with E-state index < -0.39 is 0 Å². The molecular weight excluding hydrogens is 250 g/mol. The molecule has 0 fully saturated rings. The summed E-state index contributed by atoms with van der Waals surface area (Å²) in [4.78, 5) is 21.0. The van der Waals surface area contributed by atoms with Gasteiger partial charge in [0.25, 0.3) is 5.56 Å². The molecule has 3 aromatic rings. The van der Waals surface area contributed by atoms with Gasteiger partial charge in [0.1, 0.15) is 0 Å². The average molecular weight is 259 g/mol. The maximum absolute atomic E-state index is 11.8. The Labute approximate surface area is 106 Å². The fourth-order valence-electron chi connectivity index (χ4n) is 1.64. The fourth-order valence-corrected chi connectivity index (χ4v) is 2.20. The van der Waals surface area contributed by atoms with Gasteiger partial charge >= 0.3 is 0 Å². The molecule has 18 heavy (non-hydrogen) atoms. The highest BCUT2D eigenvalue weighted by atomic mass is 32.1. The van der Waals surface area contributed by atoms with E-state index in [4.69, 9.17) is 0 Å². The highest BCUT2D eigenvalue weighted by molar-refractivity contribution is 7.05. The van der Waals surface area contributed by atoms with Gasteiger partial charge in [-0.15, -0.1) is 0 Å². The molecule has 3 heterocycles. The summed E-state index contributed by atoms with van der Waals surface area (Å²) in [5, 5.41) is 0. The molecule has 6 nitrogen and oxygen atoms in total. The van der Waals surface area contributed by atoms with Crippen LogP contribution in [0.5, 0.6) is 0 Å². The van der Waals surface area contributed by atoms with E-state index in [-0.39, 0.29) is 5.56 Å². The van der Waals surface area contributed by atoms with Crippen LogP contribution >= 0.6 is 11.5 Å².